The third-order valence-electron chi connectivity index (χ3n) is 3.49. The van der Waals surface area contributed by atoms with Crippen molar-refractivity contribution in [3.63, 3.8) is 0 Å². The van der Waals surface area contributed by atoms with Gasteiger partial charge in [-0.15, -0.1) is 0 Å². The van der Waals surface area contributed by atoms with Crippen LogP contribution >= 0.6 is 0 Å². The molecule has 2 aromatic heterocycles. The van der Waals surface area contributed by atoms with Crippen LogP contribution in [0, 0.1) is 5.92 Å². The van der Waals surface area contributed by atoms with Crippen molar-refractivity contribution in [2.75, 3.05) is 6.54 Å². The van der Waals surface area contributed by atoms with Crippen LogP contribution < -0.4 is 5.32 Å². The molecule has 3 heterocycles. The second kappa shape index (κ2) is 4.42. The SMILES string of the molecule is O=C(O)C1CCNC(c2cn3ccccc3n2)C1. The minimum absolute atomic E-state index is 0.0414. The number of nitrogens with one attached hydrogen (secondary N) is 1. The van der Waals surface area contributed by atoms with Gasteiger partial charge in [0, 0.05) is 12.4 Å². The maximum Gasteiger partial charge on any atom is 0.306 e. The fraction of sp³-hybridized carbons (Fsp3) is 0.385. The van der Waals surface area contributed by atoms with Crippen LogP contribution in [-0.2, 0) is 4.79 Å². The van der Waals surface area contributed by atoms with Crippen molar-refractivity contribution in [1.29, 1.82) is 0 Å². The van der Waals surface area contributed by atoms with Crippen molar-refractivity contribution >= 4 is 11.6 Å². The third kappa shape index (κ3) is 1.97. The molecule has 1 saturated heterocycles. The highest BCUT2D eigenvalue weighted by Crippen LogP contribution is 2.27. The van der Waals surface area contributed by atoms with Crippen molar-refractivity contribution in [2.45, 2.75) is 18.9 Å². The first kappa shape index (κ1) is 11.2. The van der Waals surface area contributed by atoms with Gasteiger partial charge in [-0.3, -0.25) is 4.79 Å². The van der Waals surface area contributed by atoms with E-state index < -0.39 is 5.97 Å². The van der Waals surface area contributed by atoms with Crippen LogP contribution in [0.25, 0.3) is 5.65 Å². The molecule has 1 fully saturated rings. The Hall–Kier alpha value is -1.88. The minimum Gasteiger partial charge on any atom is -0.481 e. The first-order valence-electron chi connectivity index (χ1n) is 6.14. The Kier molecular flexibility index (Phi) is 2.76. The van der Waals surface area contributed by atoms with Crippen LogP contribution in [0.5, 0.6) is 0 Å². The smallest absolute Gasteiger partial charge is 0.306 e. The second-order valence-electron chi connectivity index (χ2n) is 4.70. The molecular formula is C13H15N3O2. The van der Waals surface area contributed by atoms with Gasteiger partial charge in [0.15, 0.2) is 0 Å². The number of hydrogen-bond acceptors (Lipinski definition) is 3. The van der Waals surface area contributed by atoms with Gasteiger partial charge < -0.3 is 14.8 Å². The largest absolute Gasteiger partial charge is 0.481 e. The van der Waals surface area contributed by atoms with E-state index in [2.05, 4.69) is 10.3 Å². The normalized spacial score (nSPS) is 24.2. The highest BCUT2D eigenvalue weighted by molar-refractivity contribution is 5.70. The van der Waals surface area contributed by atoms with E-state index >= 15 is 0 Å². The van der Waals surface area contributed by atoms with Crippen molar-refractivity contribution < 1.29 is 9.90 Å². The van der Waals surface area contributed by atoms with Crippen LogP contribution in [-0.4, -0.2) is 27.0 Å². The Labute approximate surface area is 104 Å². The molecule has 5 heteroatoms. The summed E-state index contributed by atoms with van der Waals surface area (Å²) in [4.78, 5) is 15.6. The van der Waals surface area contributed by atoms with Gasteiger partial charge in [0.05, 0.1) is 17.7 Å². The van der Waals surface area contributed by atoms with Crippen molar-refractivity contribution in [3.8, 4) is 0 Å². The van der Waals surface area contributed by atoms with Gasteiger partial charge in [-0.05, 0) is 31.5 Å². The molecule has 2 unspecified atom stereocenters. The fourth-order valence-electron chi connectivity index (χ4n) is 2.49. The molecule has 0 saturated carbocycles. The number of fused-ring (bicyclic) bond motifs is 1. The molecule has 0 spiro atoms. The highest BCUT2D eigenvalue weighted by atomic mass is 16.4. The molecule has 1 aliphatic rings. The number of imidazole rings is 1. The van der Waals surface area contributed by atoms with E-state index in [1.807, 2.05) is 35.0 Å². The Morgan fingerprint density at radius 2 is 2.39 bits per heavy atom. The third-order valence-corrected chi connectivity index (χ3v) is 3.49. The monoisotopic (exact) mass is 245 g/mol. The maximum atomic E-state index is 11.0. The molecule has 1 aliphatic heterocycles. The lowest BCUT2D eigenvalue weighted by molar-refractivity contribution is -0.143. The molecular weight excluding hydrogens is 230 g/mol. The Bertz CT molecular complexity index is 545. The average molecular weight is 245 g/mol. The molecule has 94 valence electrons. The number of carbonyl (C=O) groups is 1. The number of aromatic nitrogens is 2. The number of pyridine rings is 1. The quantitative estimate of drug-likeness (QED) is 0.840. The van der Waals surface area contributed by atoms with E-state index in [0.29, 0.717) is 12.8 Å². The molecule has 2 aromatic rings. The van der Waals surface area contributed by atoms with Crippen LogP contribution in [0.3, 0.4) is 0 Å². The van der Waals surface area contributed by atoms with Crippen molar-refractivity contribution in [1.82, 2.24) is 14.7 Å². The summed E-state index contributed by atoms with van der Waals surface area (Å²) >= 11 is 0. The molecule has 0 aromatic carbocycles. The van der Waals surface area contributed by atoms with E-state index in [9.17, 15) is 4.79 Å². The van der Waals surface area contributed by atoms with Gasteiger partial charge in [-0.2, -0.15) is 0 Å². The lowest BCUT2D eigenvalue weighted by atomic mass is 9.91. The topological polar surface area (TPSA) is 66.6 Å². The van der Waals surface area contributed by atoms with Crippen LogP contribution in [0.4, 0.5) is 0 Å². The molecule has 0 amide bonds. The van der Waals surface area contributed by atoms with Crippen LogP contribution in [0.1, 0.15) is 24.6 Å². The van der Waals surface area contributed by atoms with Crippen LogP contribution in [0.2, 0.25) is 0 Å². The average Bonchev–Trinajstić information content (AvgIpc) is 2.82. The number of hydrogen-bond donors (Lipinski definition) is 2. The zero-order valence-corrected chi connectivity index (χ0v) is 9.91. The van der Waals surface area contributed by atoms with Gasteiger partial charge in [-0.1, -0.05) is 6.07 Å². The molecule has 2 atom stereocenters. The number of carboxylic acids is 1. The van der Waals surface area contributed by atoms with Gasteiger partial charge >= 0.3 is 5.97 Å². The van der Waals surface area contributed by atoms with E-state index in [1.165, 1.54) is 0 Å². The predicted octanol–water partition coefficient (Wildman–Crippen LogP) is 1.46. The first-order chi connectivity index (χ1) is 8.74. The number of nitrogens with zero attached hydrogens (tertiary/aromatic N) is 2. The van der Waals surface area contributed by atoms with E-state index in [0.717, 1.165) is 17.9 Å². The first-order valence-corrected chi connectivity index (χ1v) is 6.14. The summed E-state index contributed by atoms with van der Waals surface area (Å²) in [5.74, 6) is -0.966. The van der Waals surface area contributed by atoms with Crippen molar-refractivity contribution in [2.24, 2.45) is 5.92 Å². The summed E-state index contributed by atoms with van der Waals surface area (Å²) < 4.78 is 1.96. The number of rotatable bonds is 2. The van der Waals surface area contributed by atoms with E-state index in [4.69, 9.17) is 5.11 Å². The lowest BCUT2D eigenvalue weighted by Gasteiger charge is -2.26. The molecule has 18 heavy (non-hydrogen) atoms. The van der Waals surface area contributed by atoms with E-state index in [1.54, 1.807) is 0 Å². The van der Waals surface area contributed by atoms with Gasteiger partial charge in [-0.25, -0.2) is 4.98 Å². The predicted molar refractivity (Wildman–Crippen MR) is 66.3 cm³/mol. The van der Waals surface area contributed by atoms with Gasteiger partial charge in [0.2, 0.25) is 0 Å². The van der Waals surface area contributed by atoms with Gasteiger partial charge in [0.1, 0.15) is 5.65 Å². The zero-order valence-electron chi connectivity index (χ0n) is 9.91. The molecule has 3 rings (SSSR count). The highest BCUT2D eigenvalue weighted by Gasteiger charge is 2.28. The summed E-state index contributed by atoms with van der Waals surface area (Å²) in [7, 11) is 0. The van der Waals surface area contributed by atoms with Crippen LogP contribution in [0.15, 0.2) is 30.6 Å². The number of piperidine rings is 1. The van der Waals surface area contributed by atoms with Gasteiger partial charge in [0.25, 0.3) is 0 Å². The van der Waals surface area contributed by atoms with E-state index in [-0.39, 0.29) is 12.0 Å². The summed E-state index contributed by atoms with van der Waals surface area (Å²) in [6.07, 6.45) is 5.22. The number of carboxylic acid groups (broad SMARTS) is 1. The zero-order chi connectivity index (χ0) is 12.5. The lowest BCUT2D eigenvalue weighted by Crippen LogP contribution is -2.35. The Balaban J connectivity index is 1.87. The fourth-order valence-corrected chi connectivity index (χ4v) is 2.49. The summed E-state index contributed by atoms with van der Waals surface area (Å²) in [5, 5.41) is 12.4. The minimum atomic E-state index is -0.703. The Morgan fingerprint density at radius 3 is 3.17 bits per heavy atom. The number of aliphatic carboxylic acids is 1. The molecule has 2 N–H and O–H groups in total. The molecule has 0 aliphatic carbocycles. The second-order valence-corrected chi connectivity index (χ2v) is 4.70. The standard InChI is InChI=1S/C13H15N3O2/c17-13(18)9-4-5-14-10(7-9)11-8-16-6-2-1-3-12(16)15-11/h1-3,6,8-10,14H,4-5,7H2,(H,17,18). The maximum absolute atomic E-state index is 11.0. The Morgan fingerprint density at radius 1 is 1.50 bits per heavy atom. The molecule has 0 radical (unpaired) electrons. The molecule has 0 bridgehead atoms. The molecule has 5 nitrogen and oxygen atoms in total. The summed E-state index contributed by atoms with van der Waals surface area (Å²) in [6.45, 7) is 0.732. The summed E-state index contributed by atoms with van der Waals surface area (Å²) in [5.41, 5.74) is 1.82. The summed E-state index contributed by atoms with van der Waals surface area (Å²) in [6, 6.07) is 5.88. The van der Waals surface area contributed by atoms with Crippen molar-refractivity contribution in [3.05, 3.63) is 36.3 Å².